The predicted octanol–water partition coefficient (Wildman–Crippen LogP) is -0.592. The van der Waals surface area contributed by atoms with Gasteiger partial charge in [0.05, 0.1) is 26.0 Å². The largest absolute Gasteiger partial charge is 0.379 e. The lowest BCUT2D eigenvalue weighted by atomic mass is 10.5. The van der Waals surface area contributed by atoms with Gasteiger partial charge in [-0.2, -0.15) is 5.10 Å². The number of ether oxygens (including phenoxy) is 1. The molecule has 2 heterocycles. The van der Waals surface area contributed by atoms with Gasteiger partial charge in [0, 0.05) is 25.8 Å². The molecule has 1 aliphatic heterocycles. The number of nitrogens with zero attached hydrogens (tertiary/aromatic N) is 3. The number of hydrazine groups is 1. The summed E-state index contributed by atoms with van der Waals surface area (Å²) in [6.45, 7) is 6.63. The first-order valence-corrected chi connectivity index (χ1v) is 8.68. The summed E-state index contributed by atoms with van der Waals surface area (Å²) in [5.41, 5.74) is 0. The number of nitrogens with one attached hydrogen (secondary N) is 2. The van der Waals surface area contributed by atoms with E-state index in [0.717, 1.165) is 19.5 Å². The molecule has 0 aliphatic carbocycles. The Morgan fingerprint density at radius 2 is 2.10 bits per heavy atom. The van der Waals surface area contributed by atoms with E-state index in [0.29, 0.717) is 32.8 Å². The molecule has 0 atom stereocenters. The van der Waals surface area contributed by atoms with Crippen LogP contribution >= 0.6 is 0 Å². The van der Waals surface area contributed by atoms with Crippen LogP contribution in [-0.2, 0) is 21.3 Å². The zero-order valence-corrected chi connectivity index (χ0v) is 13.1. The molecule has 1 saturated heterocycles. The molecule has 1 aliphatic rings. The maximum absolute atomic E-state index is 12.2. The van der Waals surface area contributed by atoms with E-state index in [-0.39, 0.29) is 4.90 Å². The van der Waals surface area contributed by atoms with Crippen molar-refractivity contribution in [3.05, 3.63) is 12.4 Å². The van der Waals surface area contributed by atoms with Crippen LogP contribution in [0.25, 0.3) is 0 Å². The SMILES string of the molecule is CCCNCCn1cc(S(=O)(=O)NN2CCOCC2)cn1. The molecule has 0 saturated carbocycles. The quantitative estimate of drug-likeness (QED) is 0.623. The molecule has 1 aromatic heterocycles. The van der Waals surface area contributed by atoms with Gasteiger partial charge >= 0.3 is 0 Å². The number of hydrogen-bond donors (Lipinski definition) is 2. The van der Waals surface area contributed by atoms with Crippen LogP contribution < -0.4 is 10.1 Å². The van der Waals surface area contributed by atoms with E-state index in [1.807, 2.05) is 0 Å². The molecule has 2 rings (SSSR count). The Hall–Kier alpha value is -1.00. The highest BCUT2D eigenvalue weighted by Gasteiger charge is 2.21. The van der Waals surface area contributed by atoms with E-state index in [9.17, 15) is 8.42 Å². The molecule has 21 heavy (non-hydrogen) atoms. The third-order valence-corrected chi connectivity index (χ3v) is 4.45. The summed E-state index contributed by atoms with van der Waals surface area (Å²) >= 11 is 0. The molecule has 2 N–H and O–H groups in total. The van der Waals surface area contributed by atoms with Crippen LogP contribution in [0.15, 0.2) is 17.3 Å². The van der Waals surface area contributed by atoms with Crippen molar-refractivity contribution in [2.75, 3.05) is 39.4 Å². The molecule has 0 radical (unpaired) electrons. The van der Waals surface area contributed by atoms with Gasteiger partial charge in [-0.05, 0) is 13.0 Å². The second-order valence-electron chi connectivity index (χ2n) is 4.88. The van der Waals surface area contributed by atoms with E-state index in [2.05, 4.69) is 22.2 Å². The Balaban J connectivity index is 1.89. The van der Waals surface area contributed by atoms with Gasteiger partial charge < -0.3 is 10.1 Å². The van der Waals surface area contributed by atoms with Gasteiger partial charge in [0.2, 0.25) is 0 Å². The fourth-order valence-corrected chi connectivity index (χ4v) is 3.05. The molecule has 1 fully saturated rings. The van der Waals surface area contributed by atoms with E-state index in [1.165, 1.54) is 6.20 Å². The van der Waals surface area contributed by atoms with Gasteiger partial charge in [-0.25, -0.2) is 13.4 Å². The monoisotopic (exact) mass is 317 g/mol. The van der Waals surface area contributed by atoms with Crippen LogP contribution in [0, 0.1) is 0 Å². The van der Waals surface area contributed by atoms with E-state index < -0.39 is 10.0 Å². The molecule has 0 amide bonds. The van der Waals surface area contributed by atoms with Gasteiger partial charge in [0.25, 0.3) is 10.0 Å². The van der Waals surface area contributed by atoms with Crippen LogP contribution in [0.3, 0.4) is 0 Å². The van der Waals surface area contributed by atoms with Crippen LogP contribution in [0.4, 0.5) is 0 Å². The Kier molecular flexibility index (Phi) is 6.12. The third-order valence-electron chi connectivity index (χ3n) is 3.12. The Morgan fingerprint density at radius 3 is 2.81 bits per heavy atom. The van der Waals surface area contributed by atoms with Crippen molar-refractivity contribution in [2.45, 2.75) is 24.8 Å². The van der Waals surface area contributed by atoms with Crippen molar-refractivity contribution in [1.82, 2.24) is 24.9 Å². The molecule has 9 heteroatoms. The Morgan fingerprint density at radius 1 is 1.33 bits per heavy atom. The number of aromatic nitrogens is 2. The average molecular weight is 317 g/mol. The summed E-state index contributed by atoms with van der Waals surface area (Å²) in [4.78, 5) is 2.74. The first kappa shape index (κ1) is 16.4. The molecule has 120 valence electrons. The highest BCUT2D eigenvalue weighted by molar-refractivity contribution is 7.89. The van der Waals surface area contributed by atoms with Crippen LogP contribution in [0.2, 0.25) is 0 Å². The van der Waals surface area contributed by atoms with Crippen molar-refractivity contribution in [1.29, 1.82) is 0 Å². The minimum Gasteiger partial charge on any atom is -0.379 e. The average Bonchev–Trinajstić information content (AvgIpc) is 2.94. The number of hydrogen-bond acceptors (Lipinski definition) is 6. The predicted molar refractivity (Wildman–Crippen MR) is 78.1 cm³/mol. The van der Waals surface area contributed by atoms with E-state index in [4.69, 9.17) is 4.74 Å². The van der Waals surface area contributed by atoms with Crippen molar-refractivity contribution >= 4 is 10.0 Å². The Labute approximate surface area is 125 Å². The fourth-order valence-electron chi connectivity index (χ4n) is 1.98. The lowest BCUT2D eigenvalue weighted by Gasteiger charge is -2.26. The third kappa shape index (κ3) is 5.04. The number of sulfonamides is 1. The van der Waals surface area contributed by atoms with Gasteiger partial charge in [0.15, 0.2) is 0 Å². The zero-order valence-electron chi connectivity index (χ0n) is 12.3. The minimum atomic E-state index is -3.56. The summed E-state index contributed by atoms with van der Waals surface area (Å²) in [5, 5.41) is 8.99. The maximum atomic E-state index is 12.2. The molecular weight excluding hydrogens is 294 g/mol. The minimum absolute atomic E-state index is 0.185. The topological polar surface area (TPSA) is 88.5 Å². The maximum Gasteiger partial charge on any atom is 0.256 e. The molecule has 0 bridgehead atoms. The molecular formula is C12H23N5O3S. The van der Waals surface area contributed by atoms with Crippen molar-refractivity contribution < 1.29 is 13.2 Å². The van der Waals surface area contributed by atoms with Crippen LogP contribution in [0.1, 0.15) is 13.3 Å². The summed E-state index contributed by atoms with van der Waals surface area (Å²) in [6.07, 6.45) is 4.00. The molecule has 1 aromatic rings. The summed E-state index contributed by atoms with van der Waals surface area (Å²) in [7, 11) is -3.56. The normalized spacial score (nSPS) is 17.2. The molecule has 0 aromatic carbocycles. The smallest absolute Gasteiger partial charge is 0.256 e. The van der Waals surface area contributed by atoms with Gasteiger partial charge in [-0.15, -0.1) is 4.83 Å². The molecule has 0 unspecified atom stereocenters. The van der Waals surface area contributed by atoms with Gasteiger partial charge in [-0.3, -0.25) is 4.68 Å². The van der Waals surface area contributed by atoms with Crippen LogP contribution in [-0.4, -0.2) is 62.6 Å². The first-order chi connectivity index (χ1) is 10.1. The second kappa shape index (κ2) is 7.85. The number of morpholine rings is 1. The zero-order chi connectivity index (χ0) is 15.1. The van der Waals surface area contributed by atoms with Crippen molar-refractivity contribution in [2.24, 2.45) is 0 Å². The number of rotatable bonds is 8. The highest BCUT2D eigenvalue weighted by atomic mass is 32.2. The van der Waals surface area contributed by atoms with E-state index >= 15 is 0 Å². The highest BCUT2D eigenvalue weighted by Crippen LogP contribution is 2.08. The lowest BCUT2D eigenvalue weighted by molar-refractivity contribution is 0.0272. The fraction of sp³-hybridized carbons (Fsp3) is 0.750. The van der Waals surface area contributed by atoms with Crippen LogP contribution in [0.5, 0.6) is 0 Å². The van der Waals surface area contributed by atoms with Crippen molar-refractivity contribution in [3.8, 4) is 0 Å². The van der Waals surface area contributed by atoms with Gasteiger partial charge in [-0.1, -0.05) is 6.92 Å². The standard InChI is InChI=1S/C12H23N5O3S/c1-2-3-13-4-5-17-11-12(10-14-17)21(18,19)15-16-6-8-20-9-7-16/h10-11,13,15H,2-9H2,1H3. The lowest BCUT2D eigenvalue weighted by Crippen LogP contribution is -2.48. The van der Waals surface area contributed by atoms with E-state index in [1.54, 1.807) is 15.9 Å². The summed E-state index contributed by atoms with van der Waals surface area (Å²) < 4.78 is 31.3. The summed E-state index contributed by atoms with van der Waals surface area (Å²) in [5.74, 6) is 0. The summed E-state index contributed by atoms with van der Waals surface area (Å²) in [6, 6.07) is 0. The second-order valence-corrected chi connectivity index (χ2v) is 6.54. The Bertz CT molecular complexity index is 525. The molecule has 8 nitrogen and oxygen atoms in total. The van der Waals surface area contributed by atoms with Crippen molar-refractivity contribution in [3.63, 3.8) is 0 Å². The molecule has 0 spiro atoms. The van der Waals surface area contributed by atoms with Gasteiger partial charge in [0.1, 0.15) is 4.90 Å². The first-order valence-electron chi connectivity index (χ1n) is 7.20.